The lowest BCUT2D eigenvalue weighted by molar-refractivity contribution is -0.115. The zero-order valence-electron chi connectivity index (χ0n) is 10.3. The fraction of sp³-hybridized carbons (Fsp3) is 0.333. The first-order valence-electron chi connectivity index (χ1n) is 5.52. The van der Waals surface area contributed by atoms with Gasteiger partial charge in [-0.05, 0) is 38.1 Å². The normalized spacial score (nSPS) is 11.7. The molecule has 0 aliphatic rings. The van der Waals surface area contributed by atoms with Gasteiger partial charge in [-0.1, -0.05) is 11.8 Å². The third kappa shape index (κ3) is 4.67. The predicted molar refractivity (Wildman–Crippen MR) is 72.9 cm³/mol. The van der Waals surface area contributed by atoms with E-state index in [4.69, 9.17) is 10.5 Å². The number of anilines is 1. The second-order valence-corrected chi connectivity index (χ2v) is 4.87. The predicted octanol–water partition coefficient (Wildman–Crippen LogP) is 2.22. The number of rotatable bonds is 5. The molecule has 98 valence electrons. The van der Waals surface area contributed by atoms with E-state index in [0.29, 0.717) is 12.3 Å². The van der Waals surface area contributed by atoms with Crippen molar-refractivity contribution < 1.29 is 14.3 Å². The molecule has 0 saturated carbocycles. The minimum absolute atomic E-state index is 0.261. The Hall–Kier alpha value is -1.69. The van der Waals surface area contributed by atoms with E-state index in [9.17, 15) is 9.59 Å². The summed E-state index contributed by atoms with van der Waals surface area (Å²) in [7, 11) is 0. The molecule has 0 radical (unpaired) electrons. The highest BCUT2D eigenvalue weighted by Crippen LogP contribution is 2.17. The van der Waals surface area contributed by atoms with E-state index >= 15 is 0 Å². The van der Waals surface area contributed by atoms with Crippen LogP contribution in [0.4, 0.5) is 10.5 Å². The number of thioether (sulfide) groups is 1. The Balaban J connectivity index is 2.56. The molecular formula is C12H16N2O3S. The van der Waals surface area contributed by atoms with Crippen molar-refractivity contribution in [2.75, 3.05) is 11.9 Å². The lowest BCUT2D eigenvalue weighted by atomic mass is 10.3. The van der Waals surface area contributed by atoms with E-state index < -0.39 is 10.5 Å². The lowest BCUT2D eigenvalue weighted by Crippen LogP contribution is -2.24. The zero-order valence-corrected chi connectivity index (χ0v) is 11.1. The van der Waals surface area contributed by atoms with Gasteiger partial charge in [-0.15, -0.1) is 0 Å². The van der Waals surface area contributed by atoms with Crippen molar-refractivity contribution in [3.63, 3.8) is 0 Å². The molecule has 18 heavy (non-hydrogen) atoms. The molecule has 0 aliphatic heterocycles. The second-order valence-electron chi connectivity index (χ2n) is 3.53. The van der Waals surface area contributed by atoms with E-state index in [0.717, 1.165) is 17.5 Å². The quantitative estimate of drug-likeness (QED) is 0.858. The fourth-order valence-corrected chi connectivity index (χ4v) is 1.79. The fourth-order valence-electron chi connectivity index (χ4n) is 1.27. The molecule has 0 heterocycles. The highest BCUT2D eigenvalue weighted by molar-refractivity contribution is 8.14. The molecule has 1 rings (SSSR count). The topological polar surface area (TPSA) is 81.4 Å². The Morgan fingerprint density at radius 1 is 1.39 bits per heavy atom. The number of nitrogens with one attached hydrogen (secondary N) is 1. The molecule has 1 aromatic carbocycles. The Morgan fingerprint density at radius 3 is 2.50 bits per heavy atom. The highest BCUT2D eigenvalue weighted by Gasteiger charge is 2.16. The van der Waals surface area contributed by atoms with Gasteiger partial charge in [0.2, 0.25) is 5.91 Å². The second kappa shape index (κ2) is 6.90. The molecule has 0 spiro atoms. The van der Waals surface area contributed by atoms with Crippen molar-refractivity contribution >= 4 is 28.6 Å². The summed E-state index contributed by atoms with van der Waals surface area (Å²) in [5, 5.41) is 1.61. The molecule has 0 aromatic heterocycles. The van der Waals surface area contributed by atoms with Crippen LogP contribution in [0.5, 0.6) is 5.75 Å². The lowest BCUT2D eigenvalue weighted by Gasteiger charge is -2.10. The first-order valence-corrected chi connectivity index (χ1v) is 6.40. The van der Waals surface area contributed by atoms with E-state index in [2.05, 4.69) is 5.32 Å². The number of carbonyl (C=O) groups is 2. The third-order valence-corrected chi connectivity index (χ3v) is 2.89. The number of hydrogen-bond donors (Lipinski definition) is 2. The number of carbonyl (C=O) groups excluding carboxylic acids is 2. The number of hydrogen-bond acceptors (Lipinski definition) is 4. The van der Waals surface area contributed by atoms with Crippen LogP contribution in [0.2, 0.25) is 0 Å². The summed E-state index contributed by atoms with van der Waals surface area (Å²) in [4.78, 5) is 22.4. The van der Waals surface area contributed by atoms with Gasteiger partial charge in [0.25, 0.3) is 5.24 Å². The van der Waals surface area contributed by atoms with Gasteiger partial charge in [-0.2, -0.15) is 0 Å². The summed E-state index contributed by atoms with van der Waals surface area (Å²) in [5.74, 6) is 0.484. The van der Waals surface area contributed by atoms with Crippen molar-refractivity contribution in [3.05, 3.63) is 24.3 Å². The van der Waals surface area contributed by atoms with Crippen LogP contribution in [0.3, 0.4) is 0 Å². The molecule has 1 atom stereocenters. The van der Waals surface area contributed by atoms with Crippen LogP contribution in [0.15, 0.2) is 24.3 Å². The first kappa shape index (κ1) is 14.4. The van der Waals surface area contributed by atoms with Gasteiger partial charge in [0.1, 0.15) is 5.75 Å². The smallest absolute Gasteiger partial charge is 0.277 e. The highest BCUT2D eigenvalue weighted by atomic mass is 32.2. The van der Waals surface area contributed by atoms with Gasteiger partial charge >= 0.3 is 0 Å². The molecule has 1 aromatic rings. The number of ether oxygens (including phenoxy) is 1. The van der Waals surface area contributed by atoms with Crippen LogP contribution in [0.1, 0.15) is 13.8 Å². The maximum absolute atomic E-state index is 11.7. The third-order valence-electron chi connectivity index (χ3n) is 2.10. The molecule has 5 nitrogen and oxygen atoms in total. The molecule has 0 unspecified atom stereocenters. The molecule has 0 bridgehead atoms. The van der Waals surface area contributed by atoms with E-state index in [1.165, 1.54) is 0 Å². The Morgan fingerprint density at radius 2 is 2.00 bits per heavy atom. The maximum Gasteiger partial charge on any atom is 0.277 e. The van der Waals surface area contributed by atoms with E-state index in [1.807, 2.05) is 6.92 Å². The first-order chi connectivity index (χ1) is 8.52. The number of nitrogens with two attached hydrogens (primary N) is 1. The SMILES string of the molecule is CCOc1ccc(NC(=O)[C@H](C)SC(N)=O)cc1. The van der Waals surface area contributed by atoms with Crippen LogP contribution in [-0.2, 0) is 4.79 Å². The largest absolute Gasteiger partial charge is 0.494 e. The molecule has 3 N–H and O–H groups in total. The van der Waals surface area contributed by atoms with Crippen molar-refractivity contribution in [3.8, 4) is 5.75 Å². The molecule has 0 fully saturated rings. The van der Waals surface area contributed by atoms with Gasteiger partial charge in [0, 0.05) is 5.69 Å². The van der Waals surface area contributed by atoms with Crippen LogP contribution in [-0.4, -0.2) is 23.0 Å². The van der Waals surface area contributed by atoms with Crippen LogP contribution in [0.25, 0.3) is 0 Å². The summed E-state index contributed by atoms with van der Waals surface area (Å²) in [5.41, 5.74) is 5.66. The van der Waals surface area contributed by atoms with Gasteiger partial charge in [-0.25, -0.2) is 0 Å². The average molecular weight is 268 g/mol. The Kier molecular flexibility index (Phi) is 5.51. The number of primary amides is 1. The number of benzene rings is 1. The van der Waals surface area contributed by atoms with Crippen LogP contribution < -0.4 is 15.8 Å². The van der Waals surface area contributed by atoms with Gasteiger partial charge < -0.3 is 15.8 Å². The number of amides is 2. The van der Waals surface area contributed by atoms with Crippen molar-refractivity contribution in [2.45, 2.75) is 19.1 Å². The average Bonchev–Trinajstić information content (AvgIpc) is 2.31. The minimum Gasteiger partial charge on any atom is -0.494 e. The summed E-state index contributed by atoms with van der Waals surface area (Å²) in [6, 6.07) is 7.02. The standard InChI is InChI=1S/C12H16N2O3S/c1-3-17-10-6-4-9(5-7-10)14-11(15)8(2)18-12(13)16/h4-8H,3H2,1-2H3,(H2,13,16)(H,14,15)/t8-/m0/s1. The van der Waals surface area contributed by atoms with Crippen molar-refractivity contribution in [1.29, 1.82) is 0 Å². The molecule has 6 heteroatoms. The monoisotopic (exact) mass is 268 g/mol. The van der Waals surface area contributed by atoms with Crippen LogP contribution in [0, 0.1) is 0 Å². The minimum atomic E-state index is -0.565. The summed E-state index contributed by atoms with van der Waals surface area (Å²) >= 11 is 0.795. The van der Waals surface area contributed by atoms with E-state index in [-0.39, 0.29) is 5.91 Å². The van der Waals surface area contributed by atoms with E-state index in [1.54, 1.807) is 31.2 Å². The molecular weight excluding hydrogens is 252 g/mol. The Bertz CT molecular complexity index is 420. The van der Waals surface area contributed by atoms with Gasteiger partial charge in [0.05, 0.1) is 11.9 Å². The molecule has 2 amide bonds. The molecule has 0 saturated heterocycles. The van der Waals surface area contributed by atoms with Gasteiger partial charge in [0.15, 0.2) is 0 Å². The zero-order chi connectivity index (χ0) is 13.5. The molecule has 0 aliphatic carbocycles. The van der Waals surface area contributed by atoms with Crippen molar-refractivity contribution in [2.24, 2.45) is 5.73 Å². The van der Waals surface area contributed by atoms with Crippen molar-refractivity contribution in [1.82, 2.24) is 0 Å². The Labute approximate surface area is 110 Å². The summed E-state index contributed by atoms with van der Waals surface area (Å²) < 4.78 is 5.29. The summed E-state index contributed by atoms with van der Waals surface area (Å²) in [6.45, 7) is 4.12. The summed E-state index contributed by atoms with van der Waals surface area (Å²) in [6.07, 6.45) is 0. The van der Waals surface area contributed by atoms with Gasteiger partial charge in [-0.3, -0.25) is 9.59 Å². The van der Waals surface area contributed by atoms with Crippen LogP contribution >= 0.6 is 11.8 Å². The maximum atomic E-state index is 11.7.